The molecule has 2 aromatic carbocycles. The molecular weight excluding hydrogens is 440 g/mol. The Morgan fingerprint density at radius 3 is 2.42 bits per heavy atom. The minimum atomic E-state index is -3.94. The van der Waals surface area contributed by atoms with E-state index in [9.17, 15) is 18.0 Å². The zero-order valence-electron chi connectivity index (χ0n) is 17.3. The van der Waals surface area contributed by atoms with E-state index >= 15 is 0 Å². The summed E-state index contributed by atoms with van der Waals surface area (Å²) in [6.45, 7) is 3.82. The first-order valence-corrected chi connectivity index (χ1v) is 12.4. The van der Waals surface area contributed by atoms with Crippen LogP contribution in [0.4, 0.5) is 5.69 Å². The minimum absolute atomic E-state index is 0.0172. The predicted octanol–water partition coefficient (Wildman–Crippen LogP) is 2.86. The van der Waals surface area contributed by atoms with Gasteiger partial charge in [0, 0.05) is 23.7 Å². The van der Waals surface area contributed by atoms with Gasteiger partial charge in [-0.15, -0.1) is 11.8 Å². The summed E-state index contributed by atoms with van der Waals surface area (Å²) in [5.74, 6) is -0.695. The normalized spacial score (nSPS) is 14.2. The molecule has 0 saturated carbocycles. The molecule has 1 saturated heterocycles. The topological polar surface area (TPSA) is 102 Å². The van der Waals surface area contributed by atoms with Gasteiger partial charge in [-0.25, -0.2) is 13.2 Å². The molecule has 166 valence electrons. The molecule has 2 aromatic rings. The number of ether oxygens (including phenoxy) is 2. The van der Waals surface area contributed by atoms with Crippen molar-refractivity contribution in [1.29, 1.82) is 0 Å². The molecular formula is C21H24N2O6S2. The monoisotopic (exact) mass is 464 g/mol. The highest BCUT2D eigenvalue weighted by Crippen LogP contribution is 2.26. The van der Waals surface area contributed by atoms with Gasteiger partial charge >= 0.3 is 5.97 Å². The van der Waals surface area contributed by atoms with Crippen LogP contribution in [-0.4, -0.2) is 64.4 Å². The van der Waals surface area contributed by atoms with Crippen LogP contribution >= 0.6 is 11.8 Å². The summed E-state index contributed by atoms with van der Waals surface area (Å²) in [7, 11) is -3.94. The van der Waals surface area contributed by atoms with Crippen molar-refractivity contribution in [3.8, 4) is 0 Å². The van der Waals surface area contributed by atoms with Crippen molar-refractivity contribution in [3.63, 3.8) is 0 Å². The lowest BCUT2D eigenvalue weighted by Gasteiger charge is -2.27. The van der Waals surface area contributed by atoms with Gasteiger partial charge in [0.2, 0.25) is 0 Å². The molecule has 0 aliphatic carbocycles. The molecule has 0 aromatic heterocycles. The Kier molecular flexibility index (Phi) is 7.58. The standard InChI is InChI=1S/C21H24N2O6S2/c1-3-29-21(25)15-4-6-16(7-5-15)22-31(26,27)17-8-9-19(30-2)18(14-17)20(24)23-10-12-28-13-11-23/h4-9,14,22H,3,10-13H2,1-2H3. The minimum Gasteiger partial charge on any atom is -0.462 e. The summed E-state index contributed by atoms with van der Waals surface area (Å²) in [6.07, 6.45) is 1.84. The van der Waals surface area contributed by atoms with Crippen LogP contribution in [0, 0.1) is 0 Å². The van der Waals surface area contributed by atoms with Gasteiger partial charge in [0.25, 0.3) is 15.9 Å². The number of rotatable bonds is 7. The Labute approximate surface area is 186 Å². The molecule has 1 aliphatic rings. The second-order valence-electron chi connectivity index (χ2n) is 6.67. The molecule has 1 N–H and O–H groups in total. The number of anilines is 1. The van der Waals surface area contributed by atoms with Gasteiger partial charge in [-0.1, -0.05) is 0 Å². The lowest BCUT2D eigenvalue weighted by atomic mass is 10.2. The average molecular weight is 465 g/mol. The number of sulfonamides is 1. The highest BCUT2D eigenvalue weighted by atomic mass is 32.2. The lowest BCUT2D eigenvalue weighted by molar-refractivity contribution is 0.0300. The third kappa shape index (κ3) is 5.57. The van der Waals surface area contributed by atoms with Crippen molar-refractivity contribution in [2.24, 2.45) is 0 Å². The fourth-order valence-corrected chi connectivity index (χ4v) is 4.72. The van der Waals surface area contributed by atoms with Crippen LogP contribution in [0.25, 0.3) is 0 Å². The highest BCUT2D eigenvalue weighted by molar-refractivity contribution is 7.98. The second-order valence-corrected chi connectivity index (χ2v) is 9.20. The molecule has 1 aliphatic heterocycles. The van der Waals surface area contributed by atoms with Crippen LogP contribution in [0.5, 0.6) is 0 Å². The van der Waals surface area contributed by atoms with Gasteiger partial charge in [-0.2, -0.15) is 0 Å². The molecule has 10 heteroatoms. The van der Waals surface area contributed by atoms with E-state index in [0.29, 0.717) is 48.0 Å². The third-order valence-corrected chi connectivity index (χ3v) is 6.83. The maximum Gasteiger partial charge on any atom is 0.338 e. The fraction of sp³-hybridized carbons (Fsp3) is 0.333. The first-order chi connectivity index (χ1) is 14.9. The number of benzene rings is 2. The maximum absolute atomic E-state index is 13.0. The van der Waals surface area contributed by atoms with Gasteiger partial charge in [0.15, 0.2) is 0 Å². The SMILES string of the molecule is CCOC(=O)c1ccc(NS(=O)(=O)c2ccc(SC)c(C(=O)N3CCOCC3)c2)cc1. The Balaban J connectivity index is 1.83. The Morgan fingerprint density at radius 2 is 1.81 bits per heavy atom. The van der Waals surface area contributed by atoms with Crippen LogP contribution in [0.15, 0.2) is 52.3 Å². The first-order valence-electron chi connectivity index (χ1n) is 9.70. The highest BCUT2D eigenvalue weighted by Gasteiger charge is 2.24. The van der Waals surface area contributed by atoms with Crippen molar-refractivity contribution in [1.82, 2.24) is 4.90 Å². The summed E-state index contributed by atoms with van der Waals surface area (Å²) in [5, 5.41) is 0. The molecule has 1 amide bonds. The molecule has 0 bridgehead atoms. The van der Waals surface area contributed by atoms with Gasteiger partial charge in [-0.3, -0.25) is 9.52 Å². The van der Waals surface area contributed by atoms with Crippen molar-refractivity contribution in [2.45, 2.75) is 16.7 Å². The van der Waals surface area contributed by atoms with E-state index < -0.39 is 16.0 Å². The van der Waals surface area contributed by atoms with Crippen LogP contribution < -0.4 is 4.72 Å². The van der Waals surface area contributed by atoms with Crippen molar-refractivity contribution >= 4 is 39.3 Å². The number of nitrogens with zero attached hydrogens (tertiary/aromatic N) is 1. The van der Waals surface area contributed by atoms with Crippen LogP contribution in [0.1, 0.15) is 27.6 Å². The second kappa shape index (κ2) is 10.2. The van der Waals surface area contributed by atoms with Crippen LogP contribution in [0.2, 0.25) is 0 Å². The third-order valence-electron chi connectivity index (χ3n) is 4.66. The molecule has 8 nitrogen and oxygen atoms in total. The number of carbonyl (C=O) groups excluding carboxylic acids is 2. The molecule has 0 spiro atoms. The van der Waals surface area contributed by atoms with E-state index in [2.05, 4.69) is 4.72 Å². The summed E-state index contributed by atoms with van der Waals surface area (Å²) >= 11 is 1.38. The number of amides is 1. The largest absolute Gasteiger partial charge is 0.462 e. The van der Waals surface area contributed by atoms with E-state index in [4.69, 9.17) is 9.47 Å². The zero-order chi connectivity index (χ0) is 22.4. The number of nitrogens with one attached hydrogen (secondary N) is 1. The van der Waals surface area contributed by atoms with E-state index in [1.54, 1.807) is 17.9 Å². The number of esters is 1. The fourth-order valence-electron chi connectivity index (χ4n) is 3.06. The van der Waals surface area contributed by atoms with Crippen molar-refractivity contribution in [2.75, 3.05) is 43.9 Å². The van der Waals surface area contributed by atoms with E-state index in [1.807, 2.05) is 6.26 Å². The van der Waals surface area contributed by atoms with E-state index in [-0.39, 0.29) is 17.4 Å². The summed E-state index contributed by atoms with van der Waals surface area (Å²) in [4.78, 5) is 27.1. The van der Waals surface area contributed by atoms with Gasteiger partial charge in [0.1, 0.15) is 0 Å². The van der Waals surface area contributed by atoms with E-state index in [1.165, 1.54) is 48.2 Å². The first kappa shape index (κ1) is 23.1. The maximum atomic E-state index is 13.0. The molecule has 3 rings (SSSR count). The van der Waals surface area contributed by atoms with Crippen molar-refractivity contribution in [3.05, 3.63) is 53.6 Å². The van der Waals surface area contributed by atoms with E-state index in [0.717, 1.165) is 0 Å². The summed E-state index contributed by atoms with van der Waals surface area (Å²) in [6, 6.07) is 10.5. The number of hydrogen-bond donors (Lipinski definition) is 1. The number of morpholine rings is 1. The number of carbonyl (C=O) groups is 2. The molecule has 0 radical (unpaired) electrons. The number of thioether (sulfide) groups is 1. The van der Waals surface area contributed by atoms with Crippen molar-refractivity contribution < 1.29 is 27.5 Å². The number of hydrogen-bond acceptors (Lipinski definition) is 7. The Morgan fingerprint density at radius 1 is 1.13 bits per heavy atom. The lowest BCUT2D eigenvalue weighted by Crippen LogP contribution is -2.40. The molecule has 0 atom stereocenters. The van der Waals surface area contributed by atoms with Crippen LogP contribution in [-0.2, 0) is 19.5 Å². The smallest absolute Gasteiger partial charge is 0.338 e. The molecule has 31 heavy (non-hydrogen) atoms. The average Bonchev–Trinajstić information content (AvgIpc) is 2.79. The van der Waals surface area contributed by atoms with Gasteiger partial charge in [0.05, 0.1) is 35.8 Å². The Bertz CT molecular complexity index is 1050. The summed E-state index contributed by atoms with van der Waals surface area (Å²) in [5.41, 5.74) is 0.963. The zero-order valence-corrected chi connectivity index (χ0v) is 18.9. The van der Waals surface area contributed by atoms with Gasteiger partial charge in [-0.05, 0) is 55.6 Å². The van der Waals surface area contributed by atoms with Crippen LogP contribution in [0.3, 0.4) is 0 Å². The predicted molar refractivity (Wildman–Crippen MR) is 118 cm³/mol. The molecule has 1 heterocycles. The molecule has 1 fully saturated rings. The summed E-state index contributed by atoms with van der Waals surface area (Å²) < 4.78 is 38.5. The molecule has 0 unspecified atom stereocenters. The Hall–Kier alpha value is -2.56. The quantitative estimate of drug-likeness (QED) is 0.497. The van der Waals surface area contributed by atoms with Gasteiger partial charge < -0.3 is 14.4 Å².